The van der Waals surface area contributed by atoms with Crippen molar-refractivity contribution in [2.24, 2.45) is 0 Å². The molecule has 0 spiro atoms. The van der Waals surface area contributed by atoms with Gasteiger partial charge in [0, 0.05) is 36.3 Å². The second kappa shape index (κ2) is 12.9. The van der Waals surface area contributed by atoms with Crippen molar-refractivity contribution in [3.8, 4) is 34.5 Å². The number of nitrogens with zero attached hydrogens (tertiary/aromatic N) is 2. The molecule has 0 fully saturated rings. The predicted molar refractivity (Wildman–Crippen MR) is 180 cm³/mol. The first kappa shape index (κ1) is 31.1. The summed E-state index contributed by atoms with van der Waals surface area (Å²) in [5.74, 6) is 3.70. The Hall–Kier alpha value is -4.57. The van der Waals surface area contributed by atoms with Crippen molar-refractivity contribution in [3.63, 3.8) is 0 Å². The molecule has 4 aromatic rings. The van der Waals surface area contributed by atoms with E-state index in [-0.39, 0.29) is 18.7 Å². The number of anilines is 1. The molecular weight excluding hydrogens is 594 g/mol. The number of carbonyl (C=O) groups excluding carboxylic acids is 1. The van der Waals surface area contributed by atoms with Crippen molar-refractivity contribution in [3.05, 3.63) is 99.6 Å². The van der Waals surface area contributed by atoms with E-state index in [1.54, 1.807) is 14.2 Å². The number of ether oxygens (including phenoxy) is 4. The molecule has 1 amide bonds. The Morgan fingerprint density at radius 3 is 2.30 bits per heavy atom. The van der Waals surface area contributed by atoms with Crippen molar-refractivity contribution in [1.29, 1.82) is 0 Å². The molecule has 9 heteroatoms. The molecule has 47 heavy (non-hydrogen) atoms. The maximum absolute atomic E-state index is 11.5. The number of nitrogens with one attached hydrogen (secondary N) is 1. The van der Waals surface area contributed by atoms with E-state index >= 15 is 0 Å². The summed E-state index contributed by atoms with van der Waals surface area (Å²) in [7, 11) is 7.59. The van der Waals surface area contributed by atoms with Crippen LogP contribution in [0.3, 0.4) is 0 Å². The van der Waals surface area contributed by atoms with Crippen LogP contribution >= 0.6 is 0 Å². The van der Waals surface area contributed by atoms with Gasteiger partial charge >= 0.3 is 0 Å². The third kappa shape index (κ3) is 5.79. The largest absolute Gasteiger partial charge is 0.493 e. The molecule has 2 N–H and O–H groups in total. The number of likely N-dealkylation sites (N-methyl/N-ethyl adjacent to an activating group) is 2. The Kier molecular flexibility index (Phi) is 8.53. The Bertz CT molecular complexity index is 1810. The zero-order valence-electron chi connectivity index (χ0n) is 27.3. The molecule has 0 saturated carbocycles. The average Bonchev–Trinajstić information content (AvgIpc) is 3.08. The summed E-state index contributed by atoms with van der Waals surface area (Å²) in [6.07, 6.45) is 3.83. The minimum Gasteiger partial charge on any atom is -0.493 e. The SMILES string of the molecule is COc1cc2c3cc1Oc1c(OC)c(CO)cc4c1[C@H](Cc1ccc(cc1)Oc1cc(ccc1NC=O)C[C@H]3N(C)CC2)N(C)CC4. The number of benzene rings is 4. The van der Waals surface area contributed by atoms with Gasteiger partial charge in [-0.2, -0.15) is 0 Å². The summed E-state index contributed by atoms with van der Waals surface area (Å²) in [6.45, 7) is 1.61. The molecule has 9 nitrogen and oxygen atoms in total. The topological polar surface area (TPSA) is 92.7 Å². The Morgan fingerprint density at radius 1 is 0.851 bits per heavy atom. The first-order valence-corrected chi connectivity index (χ1v) is 16.1. The fraction of sp³-hybridized carbons (Fsp3) is 0.342. The molecule has 0 radical (unpaired) electrons. The molecule has 4 aliphatic heterocycles. The molecule has 4 heterocycles. The number of amides is 1. The van der Waals surface area contributed by atoms with Gasteiger partial charge in [-0.15, -0.1) is 0 Å². The van der Waals surface area contributed by atoms with Gasteiger partial charge < -0.3 is 29.4 Å². The van der Waals surface area contributed by atoms with E-state index < -0.39 is 0 Å². The number of aliphatic hydroxyl groups is 1. The number of hydrogen-bond donors (Lipinski definition) is 2. The molecule has 0 aromatic heterocycles. The van der Waals surface area contributed by atoms with Gasteiger partial charge in [0.2, 0.25) is 6.41 Å². The molecule has 8 rings (SSSR count). The lowest BCUT2D eigenvalue weighted by atomic mass is 9.86. The molecule has 0 saturated heterocycles. The van der Waals surface area contributed by atoms with Crippen LogP contribution in [0.5, 0.6) is 34.5 Å². The summed E-state index contributed by atoms with van der Waals surface area (Å²) in [4.78, 5) is 16.2. The first-order valence-electron chi connectivity index (χ1n) is 16.1. The highest BCUT2D eigenvalue weighted by atomic mass is 16.5. The summed E-state index contributed by atoms with van der Waals surface area (Å²) >= 11 is 0. The molecule has 0 unspecified atom stereocenters. The van der Waals surface area contributed by atoms with Gasteiger partial charge in [0.15, 0.2) is 28.7 Å². The molecule has 4 aromatic carbocycles. The van der Waals surface area contributed by atoms with Crippen LogP contribution in [0.1, 0.15) is 51.0 Å². The van der Waals surface area contributed by atoms with Gasteiger partial charge in [-0.05, 0) is 110 Å². The van der Waals surface area contributed by atoms with Crippen LogP contribution in [-0.2, 0) is 37.1 Å². The van der Waals surface area contributed by atoms with Gasteiger partial charge in [-0.25, -0.2) is 0 Å². The van der Waals surface area contributed by atoms with Crippen LogP contribution in [-0.4, -0.2) is 62.7 Å². The highest BCUT2D eigenvalue weighted by molar-refractivity contribution is 5.76. The fourth-order valence-electron chi connectivity index (χ4n) is 7.39. The van der Waals surface area contributed by atoms with E-state index in [1.807, 2.05) is 30.3 Å². The number of fused-ring (bicyclic) bond motifs is 2. The van der Waals surface area contributed by atoms with E-state index in [0.717, 1.165) is 61.0 Å². The van der Waals surface area contributed by atoms with E-state index in [0.29, 0.717) is 52.2 Å². The van der Waals surface area contributed by atoms with Crippen molar-refractivity contribution in [1.82, 2.24) is 9.80 Å². The lowest BCUT2D eigenvalue weighted by Gasteiger charge is -2.37. The van der Waals surface area contributed by atoms with Crippen LogP contribution in [0.15, 0.2) is 60.7 Å². The Morgan fingerprint density at radius 2 is 1.57 bits per heavy atom. The van der Waals surface area contributed by atoms with Crippen LogP contribution in [0.4, 0.5) is 5.69 Å². The van der Waals surface area contributed by atoms with E-state index in [9.17, 15) is 9.90 Å². The number of carbonyl (C=O) groups is 1. The van der Waals surface area contributed by atoms with Crippen LogP contribution in [0.2, 0.25) is 0 Å². The lowest BCUT2D eigenvalue weighted by molar-refractivity contribution is -0.105. The molecule has 244 valence electrons. The zero-order valence-corrected chi connectivity index (χ0v) is 27.3. The summed E-state index contributed by atoms with van der Waals surface area (Å²) in [5.41, 5.74) is 8.12. The summed E-state index contributed by atoms with van der Waals surface area (Å²) in [5, 5.41) is 13.2. The van der Waals surface area contributed by atoms with E-state index in [1.165, 1.54) is 11.1 Å². The monoisotopic (exact) mass is 635 g/mol. The van der Waals surface area contributed by atoms with Crippen LogP contribution < -0.4 is 24.3 Å². The normalized spacial score (nSPS) is 19.0. The second-order valence-electron chi connectivity index (χ2n) is 12.7. The number of hydrogen-bond acceptors (Lipinski definition) is 8. The minimum atomic E-state index is -0.161. The Balaban J connectivity index is 1.45. The second-order valence-corrected chi connectivity index (χ2v) is 12.7. The van der Waals surface area contributed by atoms with Gasteiger partial charge in [0.05, 0.1) is 26.5 Å². The van der Waals surface area contributed by atoms with Crippen molar-refractivity contribution < 1.29 is 28.8 Å². The van der Waals surface area contributed by atoms with Crippen LogP contribution in [0, 0.1) is 0 Å². The van der Waals surface area contributed by atoms with E-state index in [4.69, 9.17) is 18.9 Å². The highest BCUT2D eigenvalue weighted by Gasteiger charge is 2.34. The average molecular weight is 636 g/mol. The van der Waals surface area contributed by atoms with Crippen molar-refractivity contribution in [2.75, 3.05) is 46.7 Å². The Labute approximate surface area is 275 Å². The highest BCUT2D eigenvalue weighted by Crippen LogP contribution is 2.50. The zero-order chi connectivity index (χ0) is 32.7. The fourth-order valence-corrected chi connectivity index (χ4v) is 7.39. The van der Waals surface area contributed by atoms with Crippen LogP contribution in [0.25, 0.3) is 0 Å². The maximum atomic E-state index is 11.5. The summed E-state index contributed by atoms with van der Waals surface area (Å²) < 4.78 is 25.3. The maximum Gasteiger partial charge on any atom is 0.211 e. The van der Waals surface area contributed by atoms with Crippen molar-refractivity contribution >= 4 is 12.1 Å². The number of aliphatic hydroxyl groups excluding tert-OH is 1. The van der Waals surface area contributed by atoms with Gasteiger partial charge in [-0.3, -0.25) is 14.6 Å². The molecule has 6 bridgehead atoms. The predicted octanol–water partition coefficient (Wildman–Crippen LogP) is 6.21. The molecule has 0 aliphatic carbocycles. The quantitative estimate of drug-likeness (QED) is 0.250. The smallest absolute Gasteiger partial charge is 0.211 e. The van der Waals surface area contributed by atoms with E-state index in [2.05, 4.69) is 59.5 Å². The van der Waals surface area contributed by atoms with Gasteiger partial charge in [0.25, 0.3) is 0 Å². The molecule has 2 atom stereocenters. The molecule has 4 aliphatic rings. The van der Waals surface area contributed by atoms with Crippen molar-refractivity contribution in [2.45, 2.75) is 44.4 Å². The number of rotatable bonds is 5. The summed E-state index contributed by atoms with van der Waals surface area (Å²) in [6, 6.07) is 20.4. The van der Waals surface area contributed by atoms with Gasteiger partial charge in [0.1, 0.15) is 5.75 Å². The first-order chi connectivity index (χ1) is 22.9. The third-order valence-corrected chi connectivity index (χ3v) is 9.94. The van der Waals surface area contributed by atoms with Gasteiger partial charge in [-0.1, -0.05) is 18.2 Å². The number of methoxy groups -OCH3 is 2. The third-order valence-electron chi connectivity index (χ3n) is 9.94. The standard InChI is InChI=1S/C38H41N3O6/c1-40-13-11-25-19-34(44-3)35-20-29(25)31(40)16-24-7-10-30(39-22-43)33(17-24)46-28-8-5-23(6-9-28)15-32-36-26(12-14-41(32)2)18-27(21-42)37(45-4)38(36)47-35/h5-10,17-20,22,31-32,42H,11-16,21H2,1-4H3,(H,39,43)/t31-,32+/m1/s1. The minimum absolute atomic E-state index is 0.0105. The lowest BCUT2D eigenvalue weighted by Crippen LogP contribution is -2.34. The molecular formula is C38H41N3O6.